The number of hydrogen-bond donors (Lipinski definition) is 2. The SMILES string of the molecule is CN(Cc1ccccc1CN=C(N)NCC1CCC1)C1CCCCC1.I. The molecule has 3 rings (SSSR count). The van der Waals surface area contributed by atoms with Crippen LogP contribution in [0.5, 0.6) is 0 Å². The van der Waals surface area contributed by atoms with Crippen LogP contribution in [0.1, 0.15) is 62.5 Å². The van der Waals surface area contributed by atoms with Gasteiger partial charge in [0.1, 0.15) is 0 Å². The van der Waals surface area contributed by atoms with Gasteiger partial charge in [-0.25, -0.2) is 4.99 Å². The van der Waals surface area contributed by atoms with Gasteiger partial charge in [0.2, 0.25) is 0 Å². The summed E-state index contributed by atoms with van der Waals surface area (Å²) in [6.07, 6.45) is 10.9. The van der Waals surface area contributed by atoms with E-state index in [-0.39, 0.29) is 24.0 Å². The highest BCUT2D eigenvalue weighted by atomic mass is 127. The molecule has 1 aromatic carbocycles. The van der Waals surface area contributed by atoms with Gasteiger partial charge in [-0.15, -0.1) is 24.0 Å². The Morgan fingerprint density at radius 3 is 2.42 bits per heavy atom. The van der Waals surface area contributed by atoms with E-state index in [1.165, 1.54) is 62.5 Å². The highest BCUT2D eigenvalue weighted by Crippen LogP contribution is 2.25. The maximum absolute atomic E-state index is 6.05. The van der Waals surface area contributed by atoms with E-state index in [0.717, 1.165) is 25.0 Å². The second-order valence-electron chi connectivity index (χ2n) is 7.85. The van der Waals surface area contributed by atoms with Crippen molar-refractivity contribution in [3.63, 3.8) is 0 Å². The average Bonchev–Trinajstić information content (AvgIpc) is 2.60. The monoisotopic (exact) mass is 470 g/mol. The predicted molar refractivity (Wildman–Crippen MR) is 121 cm³/mol. The fraction of sp³-hybridized carbons (Fsp3) is 0.667. The van der Waals surface area contributed by atoms with Crippen LogP contribution in [0.4, 0.5) is 0 Å². The number of aliphatic imine (C=N–C) groups is 1. The molecule has 0 unspecified atom stereocenters. The van der Waals surface area contributed by atoms with Crippen LogP contribution in [0.15, 0.2) is 29.3 Å². The number of hydrogen-bond acceptors (Lipinski definition) is 2. The molecule has 0 radical (unpaired) electrons. The first kappa shape index (κ1) is 21.5. The van der Waals surface area contributed by atoms with E-state index < -0.39 is 0 Å². The molecule has 5 heteroatoms. The molecule has 4 nitrogen and oxygen atoms in total. The van der Waals surface area contributed by atoms with Gasteiger partial charge < -0.3 is 11.1 Å². The minimum absolute atomic E-state index is 0. The highest BCUT2D eigenvalue weighted by molar-refractivity contribution is 14.0. The van der Waals surface area contributed by atoms with Crippen LogP contribution in [0.25, 0.3) is 0 Å². The summed E-state index contributed by atoms with van der Waals surface area (Å²) in [5, 5.41) is 3.28. The normalized spacial score (nSPS) is 19.1. The van der Waals surface area contributed by atoms with E-state index in [1.807, 2.05) is 0 Å². The Labute approximate surface area is 176 Å². The Morgan fingerprint density at radius 2 is 1.77 bits per heavy atom. The lowest BCUT2D eigenvalue weighted by Crippen LogP contribution is -2.37. The fourth-order valence-electron chi connectivity index (χ4n) is 3.96. The lowest BCUT2D eigenvalue weighted by atomic mass is 9.85. The number of guanidine groups is 1. The molecule has 2 fully saturated rings. The molecule has 0 aromatic heterocycles. The molecule has 0 saturated heterocycles. The Morgan fingerprint density at radius 1 is 1.08 bits per heavy atom. The Balaban J connectivity index is 0.00000243. The standard InChI is InChI=1S/C21H34N4.HI/c1-25(20-12-3-2-4-13-20)16-19-11-6-5-10-18(19)15-24-21(22)23-14-17-8-7-9-17;/h5-6,10-11,17,20H,2-4,7-9,12-16H2,1H3,(H3,22,23,24);1H. The first-order valence-corrected chi connectivity index (χ1v) is 10.0. The van der Waals surface area contributed by atoms with Crippen molar-refractivity contribution < 1.29 is 0 Å². The van der Waals surface area contributed by atoms with Crippen LogP contribution in [-0.4, -0.2) is 30.5 Å². The van der Waals surface area contributed by atoms with Gasteiger partial charge in [0, 0.05) is 19.1 Å². The molecular formula is C21H35IN4. The molecule has 146 valence electrons. The molecule has 0 heterocycles. The second kappa shape index (κ2) is 11.1. The molecule has 2 aliphatic carbocycles. The van der Waals surface area contributed by atoms with Gasteiger partial charge in [0.25, 0.3) is 0 Å². The minimum Gasteiger partial charge on any atom is -0.370 e. The van der Waals surface area contributed by atoms with E-state index in [1.54, 1.807) is 0 Å². The van der Waals surface area contributed by atoms with Gasteiger partial charge in [-0.2, -0.15) is 0 Å². The van der Waals surface area contributed by atoms with E-state index in [4.69, 9.17) is 5.73 Å². The van der Waals surface area contributed by atoms with E-state index >= 15 is 0 Å². The zero-order chi connectivity index (χ0) is 17.5. The smallest absolute Gasteiger partial charge is 0.188 e. The molecule has 0 bridgehead atoms. The van der Waals surface area contributed by atoms with Crippen LogP contribution in [-0.2, 0) is 13.1 Å². The van der Waals surface area contributed by atoms with Gasteiger partial charge in [-0.05, 0) is 49.8 Å². The maximum atomic E-state index is 6.05. The Kier molecular flexibility index (Phi) is 9.19. The average molecular weight is 470 g/mol. The number of nitrogens with two attached hydrogens (primary N) is 1. The third-order valence-corrected chi connectivity index (χ3v) is 5.95. The predicted octanol–water partition coefficient (Wildman–Crippen LogP) is 4.27. The summed E-state index contributed by atoms with van der Waals surface area (Å²) in [6, 6.07) is 9.40. The van der Waals surface area contributed by atoms with Crippen molar-refractivity contribution >= 4 is 29.9 Å². The first-order valence-electron chi connectivity index (χ1n) is 10.0. The number of benzene rings is 1. The van der Waals surface area contributed by atoms with E-state index in [2.05, 4.69) is 46.5 Å². The summed E-state index contributed by atoms with van der Waals surface area (Å²) in [5.41, 5.74) is 8.72. The molecule has 2 saturated carbocycles. The van der Waals surface area contributed by atoms with E-state index in [0.29, 0.717) is 12.5 Å². The summed E-state index contributed by atoms with van der Waals surface area (Å²) in [5.74, 6) is 1.38. The van der Waals surface area contributed by atoms with Crippen molar-refractivity contribution in [1.29, 1.82) is 0 Å². The van der Waals surface area contributed by atoms with Gasteiger partial charge in [0.05, 0.1) is 6.54 Å². The molecule has 1 aromatic rings. The fourth-order valence-corrected chi connectivity index (χ4v) is 3.96. The third kappa shape index (κ3) is 6.41. The number of nitrogens with zero attached hydrogens (tertiary/aromatic N) is 2. The molecule has 0 aliphatic heterocycles. The van der Waals surface area contributed by atoms with Crippen molar-refractivity contribution in [2.75, 3.05) is 13.6 Å². The molecule has 2 aliphatic rings. The van der Waals surface area contributed by atoms with Crippen LogP contribution in [0.3, 0.4) is 0 Å². The second-order valence-corrected chi connectivity index (χ2v) is 7.85. The minimum atomic E-state index is 0. The molecule has 0 spiro atoms. The van der Waals surface area contributed by atoms with E-state index in [9.17, 15) is 0 Å². The number of nitrogens with one attached hydrogen (secondary N) is 1. The van der Waals surface area contributed by atoms with Crippen molar-refractivity contribution in [2.45, 2.75) is 70.5 Å². The largest absolute Gasteiger partial charge is 0.370 e. The molecule has 3 N–H and O–H groups in total. The lowest BCUT2D eigenvalue weighted by Gasteiger charge is -2.31. The third-order valence-electron chi connectivity index (χ3n) is 5.95. The first-order chi connectivity index (χ1) is 12.2. The van der Waals surface area contributed by atoms with Gasteiger partial charge in [-0.1, -0.05) is 49.9 Å². The summed E-state index contributed by atoms with van der Waals surface area (Å²) >= 11 is 0. The number of halogens is 1. The molecule has 0 amide bonds. The quantitative estimate of drug-likeness (QED) is 0.356. The van der Waals surface area contributed by atoms with Crippen molar-refractivity contribution in [3.05, 3.63) is 35.4 Å². The Bertz CT molecular complexity index is 565. The van der Waals surface area contributed by atoms with Crippen molar-refractivity contribution in [2.24, 2.45) is 16.6 Å². The van der Waals surface area contributed by atoms with Gasteiger partial charge >= 0.3 is 0 Å². The van der Waals surface area contributed by atoms with Crippen LogP contribution >= 0.6 is 24.0 Å². The van der Waals surface area contributed by atoms with Crippen molar-refractivity contribution in [1.82, 2.24) is 10.2 Å². The molecular weight excluding hydrogens is 435 g/mol. The summed E-state index contributed by atoms with van der Waals surface area (Å²) in [4.78, 5) is 7.10. The number of rotatable bonds is 7. The highest BCUT2D eigenvalue weighted by Gasteiger charge is 2.19. The Hall–Kier alpha value is -0.820. The van der Waals surface area contributed by atoms with Crippen molar-refractivity contribution in [3.8, 4) is 0 Å². The van der Waals surface area contributed by atoms with Gasteiger partial charge in [0.15, 0.2) is 5.96 Å². The summed E-state index contributed by atoms with van der Waals surface area (Å²) in [6.45, 7) is 2.64. The van der Waals surface area contributed by atoms with Gasteiger partial charge in [-0.3, -0.25) is 4.90 Å². The molecule has 26 heavy (non-hydrogen) atoms. The summed E-state index contributed by atoms with van der Waals surface area (Å²) < 4.78 is 0. The maximum Gasteiger partial charge on any atom is 0.188 e. The van der Waals surface area contributed by atoms with Crippen LogP contribution < -0.4 is 11.1 Å². The lowest BCUT2D eigenvalue weighted by molar-refractivity contribution is 0.184. The zero-order valence-corrected chi connectivity index (χ0v) is 18.5. The zero-order valence-electron chi connectivity index (χ0n) is 16.1. The topological polar surface area (TPSA) is 53.6 Å². The van der Waals surface area contributed by atoms with Crippen LogP contribution in [0, 0.1) is 5.92 Å². The van der Waals surface area contributed by atoms with Crippen LogP contribution in [0.2, 0.25) is 0 Å². The summed E-state index contributed by atoms with van der Waals surface area (Å²) in [7, 11) is 2.27. The molecule has 0 atom stereocenters.